The number of nitrogens with two attached hydrogens (primary N) is 1. The molecule has 1 heterocycles. The van der Waals surface area contributed by atoms with Gasteiger partial charge in [0.2, 0.25) is 11.9 Å². The number of carbonyl (C=O) groups excluding carboxylic acids is 1. The highest BCUT2D eigenvalue weighted by Gasteiger charge is 1.97. The van der Waals surface area contributed by atoms with Gasteiger partial charge in [0, 0.05) is 12.4 Å². The number of rotatable bonds is 2. The molecule has 0 saturated heterocycles. The maximum Gasteiger partial charge on any atom is 0.240 e. The van der Waals surface area contributed by atoms with Crippen molar-refractivity contribution in [2.24, 2.45) is 5.73 Å². The highest BCUT2D eigenvalue weighted by atomic mass is 16.1. The molecule has 0 radical (unpaired) electrons. The second kappa shape index (κ2) is 2.98. The molecular formula is C5H8N4O. The summed E-state index contributed by atoms with van der Waals surface area (Å²) in [6.07, 6.45) is 3.16. The van der Waals surface area contributed by atoms with Crippen molar-refractivity contribution in [3.05, 3.63) is 12.4 Å². The van der Waals surface area contributed by atoms with Crippen LogP contribution in [0.5, 0.6) is 0 Å². The third-order valence-electron chi connectivity index (χ3n) is 0.941. The molecule has 0 aliphatic carbocycles. The third-order valence-corrected chi connectivity index (χ3v) is 0.941. The summed E-state index contributed by atoms with van der Waals surface area (Å²) in [5.41, 5.74) is 5.03. The Morgan fingerprint density at radius 1 is 1.90 bits per heavy atom. The molecule has 1 aromatic rings. The maximum absolute atomic E-state index is 10.6. The minimum atomic E-state index is -0.255. The number of nitrogens with zero attached hydrogens (tertiary/aromatic N) is 1. The first-order valence-corrected chi connectivity index (χ1v) is 2.82. The summed E-state index contributed by atoms with van der Waals surface area (Å²) < 4.78 is 0. The van der Waals surface area contributed by atoms with E-state index in [-0.39, 0.29) is 12.5 Å². The van der Waals surface area contributed by atoms with Crippen LogP contribution < -0.4 is 11.1 Å². The number of H-pyrrole nitrogens is 1. The van der Waals surface area contributed by atoms with E-state index in [4.69, 9.17) is 5.73 Å². The van der Waals surface area contributed by atoms with Gasteiger partial charge in [-0.05, 0) is 0 Å². The molecule has 4 N–H and O–H groups in total. The lowest BCUT2D eigenvalue weighted by Gasteiger charge is -1.95. The predicted octanol–water partition coefficient (Wildman–Crippen LogP) is -0.693. The molecule has 1 aromatic heterocycles. The Labute approximate surface area is 57.6 Å². The van der Waals surface area contributed by atoms with Gasteiger partial charge in [0.15, 0.2) is 0 Å². The van der Waals surface area contributed by atoms with Crippen LogP contribution in [0.15, 0.2) is 12.4 Å². The fourth-order valence-electron chi connectivity index (χ4n) is 0.517. The number of hydrogen-bond donors (Lipinski definition) is 3. The Morgan fingerprint density at radius 2 is 2.70 bits per heavy atom. The fourth-order valence-corrected chi connectivity index (χ4v) is 0.517. The monoisotopic (exact) mass is 140 g/mol. The predicted molar refractivity (Wildman–Crippen MR) is 36.3 cm³/mol. The average Bonchev–Trinajstić information content (AvgIpc) is 2.40. The molecule has 0 aromatic carbocycles. The minimum Gasteiger partial charge on any atom is -0.331 e. The number of carbonyl (C=O) groups is 1. The molecule has 5 heteroatoms. The minimum absolute atomic E-state index is 0.0271. The Hall–Kier alpha value is -1.36. The smallest absolute Gasteiger partial charge is 0.240 e. The van der Waals surface area contributed by atoms with Crippen molar-refractivity contribution in [2.75, 3.05) is 11.9 Å². The molecular weight excluding hydrogens is 132 g/mol. The molecule has 1 amide bonds. The molecule has 1 rings (SSSR count). The molecule has 0 atom stereocenters. The zero-order valence-corrected chi connectivity index (χ0v) is 5.29. The van der Waals surface area contributed by atoms with E-state index < -0.39 is 0 Å². The van der Waals surface area contributed by atoms with Gasteiger partial charge in [-0.3, -0.25) is 10.1 Å². The van der Waals surface area contributed by atoms with Gasteiger partial charge in [-0.1, -0.05) is 0 Å². The quantitative estimate of drug-likeness (QED) is 0.508. The van der Waals surface area contributed by atoms with Gasteiger partial charge in [0.1, 0.15) is 0 Å². The summed E-state index contributed by atoms with van der Waals surface area (Å²) in [6, 6.07) is 0. The topological polar surface area (TPSA) is 83.8 Å². The Balaban J connectivity index is 2.48. The van der Waals surface area contributed by atoms with Crippen LogP contribution in [0.4, 0.5) is 5.95 Å². The summed E-state index contributed by atoms with van der Waals surface area (Å²) in [5.74, 6) is 0.172. The molecule has 0 fully saturated rings. The first-order valence-electron chi connectivity index (χ1n) is 2.82. The number of aromatic amines is 1. The third kappa shape index (κ3) is 1.56. The molecule has 5 nitrogen and oxygen atoms in total. The summed E-state index contributed by atoms with van der Waals surface area (Å²) >= 11 is 0. The van der Waals surface area contributed by atoms with Crippen LogP contribution in [0.3, 0.4) is 0 Å². The average molecular weight is 140 g/mol. The van der Waals surface area contributed by atoms with Crippen LogP contribution in [0, 0.1) is 0 Å². The van der Waals surface area contributed by atoms with Gasteiger partial charge >= 0.3 is 0 Å². The molecule has 54 valence electrons. The van der Waals surface area contributed by atoms with Crippen molar-refractivity contribution in [3.63, 3.8) is 0 Å². The highest BCUT2D eigenvalue weighted by molar-refractivity contribution is 5.90. The van der Waals surface area contributed by atoms with Crippen molar-refractivity contribution in [3.8, 4) is 0 Å². The number of amides is 1. The Kier molecular flexibility index (Phi) is 2.01. The van der Waals surface area contributed by atoms with Gasteiger partial charge in [0.25, 0.3) is 0 Å². The van der Waals surface area contributed by atoms with E-state index >= 15 is 0 Å². The van der Waals surface area contributed by atoms with Crippen molar-refractivity contribution in [2.45, 2.75) is 0 Å². The van der Waals surface area contributed by atoms with Gasteiger partial charge in [0.05, 0.1) is 6.54 Å². The summed E-state index contributed by atoms with van der Waals surface area (Å²) in [7, 11) is 0. The standard InChI is InChI=1S/C5H8N4O/c6-3-4(10)9-5-7-1-2-8-5/h1-2H,3,6H2,(H2,7,8,9,10). The second-order valence-corrected chi connectivity index (χ2v) is 1.69. The van der Waals surface area contributed by atoms with E-state index in [9.17, 15) is 4.79 Å². The van der Waals surface area contributed by atoms with Crippen molar-refractivity contribution in [1.82, 2.24) is 9.97 Å². The van der Waals surface area contributed by atoms with Crippen molar-refractivity contribution < 1.29 is 4.79 Å². The number of hydrogen-bond acceptors (Lipinski definition) is 3. The Morgan fingerprint density at radius 3 is 3.20 bits per heavy atom. The normalized spacial score (nSPS) is 9.30. The Bertz CT molecular complexity index is 205. The number of aromatic nitrogens is 2. The lowest BCUT2D eigenvalue weighted by atomic mass is 10.6. The number of anilines is 1. The van der Waals surface area contributed by atoms with Crippen LogP contribution in [-0.4, -0.2) is 22.4 Å². The second-order valence-electron chi connectivity index (χ2n) is 1.69. The van der Waals surface area contributed by atoms with E-state index in [0.717, 1.165) is 0 Å². The van der Waals surface area contributed by atoms with E-state index in [2.05, 4.69) is 15.3 Å². The lowest BCUT2D eigenvalue weighted by Crippen LogP contribution is -2.22. The number of imidazole rings is 1. The molecule has 0 saturated carbocycles. The van der Waals surface area contributed by atoms with E-state index in [0.29, 0.717) is 5.95 Å². The highest BCUT2D eigenvalue weighted by Crippen LogP contribution is 1.92. The van der Waals surface area contributed by atoms with Crippen LogP contribution in [-0.2, 0) is 4.79 Å². The zero-order valence-electron chi connectivity index (χ0n) is 5.29. The zero-order chi connectivity index (χ0) is 7.40. The van der Waals surface area contributed by atoms with E-state index in [1.807, 2.05) is 0 Å². The van der Waals surface area contributed by atoms with Crippen LogP contribution in [0.25, 0.3) is 0 Å². The summed E-state index contributed by atoms with van der Waals surface area (Å²) in [5, 5.41) is 2.44. The van der Waals surface area contributed by atoms with Crippen LogP contribution in [0.1, 0.15) is 0 Å². The molecule has 0 unspecified atom stereocenters. The van der Waals surface area contributed by atoms with Crippen molar-refractivity contribution in [1.29, 1.82) is 0 Å². The first kappa shape index (κ1) is 6.76. The van der Waals surface area contributed by atoms with Crippen LogP contribution >= 0.6 is 0 Å². The molecule has 10 heavy (non-hydrogen) atoms. The van der Waals surface area contributed by atoms with E-state index in [1.54, 1.807) is 12.4 Å². The fraction of sp³-hybridized carbons (Fsp3) is 0.200. The summed E-state index contributed by atoms with van der Waals surface area (Å²) in [4.78, 5) is 17.0. The lowest BCUT2D eigenvalue weighted by molar-refractivity contribution is -0.114. The maximum atomic E-state index is 10.6. The van der Waals surface area contributed by atoms with Gasteiger partial charge in [-0.15, -0.1) is 0 Å². The first-order chi connectivity index (χ1) is 4.83. The van der Waals surface area contributed by atoms with Gasteiger partial charge in [-0.2, -0.15) is 0 Å². The van der Waals surface area contributed by atoms with Crippen molar-refractivity contribution >= 4 is 11.9 Å². The van der Waals surface area contributed by atoms with Gasteiger partial charge < -0.3 is 10.7 Å². The van der Waals surface area contributed by atoms with E-state index in [1.165, 1.54) is 0 Å². The summed E-state index contributed by atoms with van der Waals surface area (Å²) in [6.45, 7) is -0.0271. The van der Waals surface area contributed by atoms with Gasteiger partial charge in [-0.25, -0.2) is 4.98 Å². The number of nitrogens with one attached hydrogen (secondary N) is 2. The van der Waals surface area contributed by atoms with Crippen LogP contribution in [0.2, 0.25) is 0 Å². The largest absolute Gasteiger partial charge is 0.331 e. The SMILES string of the molecule is NCC(=O)Nc1ncc[nH]1. The molecule has 0 spiro atoms. The molecule has 0 bridgehead atoms. The molecule has 0 aliphatic rings. The molecule has 0 aliphatic heterocycles.